The normalized spacial score (nSPS) is 13.1. The number of hydrogen-bond acceptors (Lipinski definition) is 4. The van der Waals surface area contributed by atoms with Crippen molar-refractivity contribution in [3.05, 3.63) is 0 Å². The van der Waals surface area contributed by atoms with E-state index >= 15 is 0 Å². The SMILES string of the molecule is CCCC(CCC(C)(OC)OC)(OC)OC. The number of hydrogen-bond donors (Lipinski definition) is 0. The molecule has 0 atom stereocenters. The first kappa shape index (κ1) is 15.8. The van der Waals surface area contributed by atoms with Crippen molar-refractivity contribution < 1.29 is 18.9 Å². The van der Waals surface area contributed by atoms with Gasteiger partial charge in [-0.1, -0.05) is 13.3 Å². The van der Waals surface area contributed by atoms with E-state index in [1.165, 1.54) is 0 Å². The van der Waals surface area contributed by atoms with Crippen molar-refractivity contribution in [2.24, 2.45) is 0 Å². The predicted octanol–water partition coefficient (Wildman–Crippen LogP) is 2.56. The predicted molar refractivity (Wildman–Crippen MR) is 63.3 cm³/mol. The molecule has 4 heteroatoms. The van der Waals surface area contributed by atoms with E-state index in [-0.39, 0.29) is 0 Å². The summed E-state index contributed by atoms with van der Waals surface area (Å²) in [6.45, 7) is 4.02. The van der Waals surface area contributed by atoms with E-state index in [2.05, 4.69) is 6.92 Å². The molecule has 0 heterocycles. The van der Waals surface area contributed by atoms with Crippen LogP contribution < -0.4 is 0 Å². The van der Waals surface area contributed by atoms with Gasteiger partial charge in [-0.15, -0.1) is 0 Å². The minimum absolute atomic E-state index is 0.521. The molecule has 0 fully saturated rings. The van der Waals surface area contributed by atoms with Crippen molar-refractivity contribution in [1.82, 2.24) is 0 Å². The molecule has 0 aliphatic heterocycles. The molecule has 0 aromatic heterocycles. The summed E-state index contributed by atoms with van der Waals surface area (Å²) in [5.41, 5.74) is 0. The van der Waals surface area contributed by atoms with E-state index in [1.807, 2.05) is 6.92 Å². The summed E-state index contributed by atoms with van der Waals surface area (Å²) in [6.07, 6.45) is 3.34. The first-order valence-corrected chi connectivity index (χ1v) is 5.72. The van der Waals surface area contributed by atoms with Crippen molar-refractivity contribution in [3.63, 3.8) is 0 Å². The molecule has 0 saturated heterocycles. The first-order chi connectivity index (χ1) is 7.51. The van der Waals surface area contributed by atoms with Gasteiger partial charge in [0, 0.05) is 47.7 Å². The Morgan fingerprint density at radius 1 is 0.750 bits per heavy atom. The van der Waals surface area contributed by atoms with Crippen molar-refractivity contribution >= 4 is 0 Å². The van der Waals surface area contributed by atoms with E-state index in [0.717, 1.165) is 25.7 Å². The zero-order valence-electron chi connectivity index (χ0n) is 11.5. The third-order valence-electron chi connectivity index (χ3n) is 3.20. The van der Waals surface area contributed by atoms with Crippen LogP contribution in [0.2, 0.25) is 0 Å². The number of ether oxygens (including phenoxy) is 4. The maximum absolute atomic E-state index is 5.48. The van der Waals surface area contributed by atoms with Crippen molar-refractivity contribution in [2.45, 2.75) is 51.1 Å². The fourth-order valence-corrected chi connectivity index (χ4v) is 1.70. The Hall–Kier alpha value is -0.160. The Kier molecular flexibility index (Phi) is 7.15. The lowest BCUT2D eigenvalue weighted by atomic mass is 10.0. The van der Waals surface area contributed by atoms with Gasteiger partial charge >= 0.3 is 0 Å². The smallest absolute Gasteiger partial charge is 0.167 e. The van der Waals surface area contributed by atoms with Gasteiger partial charge in [0.05, 0.1) is 0 Å². The van der Waals surface area contributed by atoms with E-state index in [9.17, 15) is 0 Å². The summed E-state index contributed by atoms with van der Waals surface area (Å²) in [7, 11) is 6.64. The summed E-state index contributed by atoms with van der Waals surface area (Å²) < 4.78 is 21.6. The molecule has 0 N–H and O–H groups in total. The monoisotopic (exact) mass is 234 g/mol. The summed E-state index contributed by atoms with van der Waals surface area (Å²) in [5.74, 6) is -1.09. The van der Waals surface area contributed by atoms with Gasteiger partial charge < -0.3 is 18.9 Å². The summed E-state index contributed by atoms with van der Waals surface area (Å²) in [5, 5.41) is 0. The Balaban J connectivity index is 4.41. The summed E-state index contributed by atoms with van der Waals surface area (Å²) in [6, 6.07) is 0. The van der Waals surface area contributed by atoms with E-state index < -0.39 is 11.6 Å². The molecular weight excluding hydrogens is 208 g/mol. The quantitative estimate of drug-likeness (QED) is 0.575. The van der Waals surface area contributed by atoms with Gasteiger partial charge in [0.2, 0.25) is 0 Å². The van der Waals surface area contributed by atoms with E-state index in [0.29, 0.717) is 0 Å². The minimum Gasteiger partial charge on any atom is -0.353 e. The number of rotatable bonds is 9. The third-order valence-corrected chi connectivity index (χ3v) is 3.20. The molecule has 0 rings (SSSR count). The maximum atomic E-state index is 5.48. The highest BCUT2D eigenvalue weighted by Crippen LogP contribution is 2.29. The highest BCUT2D eigenvalue weighted by atomic mass is 16.7. The van der Waals surface area contributed by atoms with Crippen LogP contribution in [0, 0.1) is 0 Å². The minimum atomic E-state index is -0.573. The third kappa shape index (κ3) is 4.37. The molecule has 0 spiro atoms. The van der Waals surface area contributed by atoms with Gasteiger partial charge in [-0.25, -0.2) is 0 Å². The van der Waals surface area contributed by atoms with Crippen LogP contribution in [0.3, 0.4) is 0 Å². The van der Waals surface area contributed by atoms with E-state index in [1.54, 1.807) is 28.4 Å². The Morgan fingerprint density at radius 3 is 1.56 bits per heavy atom. The second-order valence-corrected chi connectivity index (χ2v) is 4.11. The molecule has 0 bridgehead atoms. The van der Waals surface area contributed by atoms with Crippen LogP contribution in [-0.4, -0.2) is 40.0 Å². The maximum Gasteiger partial charge on any atom is 0.167 e. The highest BCUT2D eigenvalue weighted by Gasteiger charge is 2.33. The van der Waals surface area contributed by atoms with Crippen molar-refractivity contribution in [1.29, 1.82) is 0 Å². The van der Waals surface area contributed by atoms with Gasteiger partial charge in [-0.2, -0.15) is 0 Å². The lowest BCUT2D eigenvalue weighted by Crippen LogP contribution is -2.38. The fraction of sp³-hybridized carbons (Fsp3) is 1.00. The van der Waals surface area contributed by atoms with Gasteiger partial charge in [0.25, 0.3) is 0 Å². The highest BCUT2D eigenvalue weighted by molar-refractivity contribution is 4.73. The second-order valence-electron chi connectivity index (χ2n) is 4.11. The molecule has 0 amide bonds. The van der Waals surface area contributed by atoms with Gasteiger partial charge in [-0.05, 0) is 6.92 Å². The van der Waals surface area contributed by atoms with Crippen molar-refractivity contribution in [3.8, 4) is 0 Å². The van der Waals surface area contributed by atoms with Crippen LogP contribution >= 0.6 is 0 Å². The lowest BCUT2D eigenvalue weighted by molar-refractivity contribution is -0.245. The molecule has 0 aromatic carbocycles. The molecule has 98 valence electrons. The van der Waals surface area contributed by atoms with Gasteiger partial charge in [0.15, 0.2) is 11.6 Å². The zero-order chi connectivity index (χ0) is 12.7. The molecule has 0 unspecified atom stereocenters. The molecular formula is C12H26O4. The summed E-state index contributed by atoms with van der Waals surface area (Å²) in [4.78, 5) is 0. The molecule has 0 radical (unpaired) electrons. The molecule has 16 heavy (non-hydrogen) atoms. The largest absolute Gasteiger partial charge is 0.353 e. The van der Waals surface area contributed by atoms with Crippen LogP contribution in [0.15, 0.2) is 0 Å². The van der Waals surface area contributed by atoms with Crippen LogP contribution in [0.1, 0.15) is 39.5 Å². The topological polar surface area (TPSA) is 36.9 Å². The fourth-order valence-electron chi connectivity index (χ4n) is 1.70. The van der Waals surface area contributed by atoms with Crippen molar-refractivity contribution in [2.75, 3.05) is 28.4 Å². The molecule has 0 aliphatic carbocycles. The molecule has 4 nitrogen and oxygen atoms in total. The van der Waals surface area contributed by atoms with Gasteiger partial charge in [0.1, 0.15) is 0 Å². The lowest BCUT2D eigenvalue weighted by Gasteiger charge is -2.34. The molecule has 0 saturated carbocycles. The summed E-state index contributed by atoms with van der Waals surface area (Å²) >= 11 is 0. The standard InChI is InChI=1S/C12H26O4/c1-7-8-12(15-5,16-6)10-9-11(2,13-3)14-4/h7-10H2,1-6H3. The average molecular weight is 234 g/mol. The molecule has 0 aliphatic rings. The number of methoxy groups -OCH3 is 4. The zero-order valence-corrected chi connectivity index (χ0v) is 11.5. The van der Waals surface area contributed by atoms with Crippen LogP contribution in [-0.2, 0) is 18.9 Å². The van der Waals surface area contributed by atoms with Gasteiger partial charge in [-0.3, -0.25) is 0 Å². The second kappa shape index (κ2) is 7.22. The first-order valence-electron chi connectivity index (χ1n) is 5.72. The Morgan fingerprint density at radius 2 is 1.25 bits per heavy atom. The van der Waals surface area contributed by atoms with E-state index in [4.69, 9.17) is 18.9 Å². The Bertz CT molecular complexity index is 174. The Labute approximate surface area is 99.2 Å². The van der Waals surface area contributed by atoms with Crippen LogP contribution in [0.25, 0.3) is 0 Å². The van der Waals surface area contributed by atoms with Crippen LogP contribution in [0.4, 0.5) is 0 Å². The molecule has 0 aromatic rings. The average Bonchev–Trinajstić information content (AvgIpc) is 2.34. The van der Waals surface area contributed by atoms with Crippen LogP contribution in [0.5, 0.6) is 0 Å².